The molecule has 0 bridgehead atoms. The summed E-state index contributed by atoms with van der Waals surface area (Å²) in [5, 5.41) is 0. The lowest BCUT2D eigenvalue weighted by Crippen LogP contribution is -2.51. The molecule has 3 rings (SSSR count). The third kappa shape index (κ3) is 3.75. The van der Waals surface area contributed by atoms with Crippen LogP contribution in [0.15, 0.2) is 18.3 Å². The number of hydrogen-bond donors (Lipinski definition) is 1. The smallest absolute Gasteiger partial charge is 0.225 e. The number of ether oxygens (including phenoxy) is 1. The molecule has 2 aliphatic rings. The van der Waals surface area contributed by atoms with Gasteiger partial charge in [-0.3, -0.25) is 4.79 Å². The second kappa shape index (κ2) is 7.17. The lowest BCUT2D eigenvalue weighted by Gasteiger charge is -2.38. The fourth-order valence-electron chi connectivity index (χ4n) is 3.57. The molecular weight excluding hydrogens is 292 g/mol. The molecule has 1 aliphatic heterocycles. The predicted molar refractivity (Wildman–Crippen MR) is 89.5 cm³/mol. The van der Waals surface area contributed by atoms with E-state index in [1.165, 1.54) is 0 Å². The van der Waals surface area contributed by atoms with Gasteiger partial charge in [0, 0.05) is 50.4 Å². The van der Waals surface area contributed by atoms with Crippen molar-refractivity contribution in [3.05, 3.63) is 18.3 Å². The Hall–Kier alpha value is -1.82. The van der Waals surface area contributed by atoms with Crippen LogP contribution in [0.2, 0.25) is 0 Å². The highest BCUT2D eigenvalue weighted by Gasteiger charge is 2.30. The van der Waals surface area contributed by atoms with Gasteiger partial charge in [-0.2, -0.15) is 0 Å². The third-order valence-corrected chi connectivity index (χ3v) is 4.93. The monoisotopic (exact) mass is 318 g/mol. The van der Waals surface area contributed by atoms with Gasteiger partial charge in [-0.15, -0.1) is 0 Å². The average Bonchev–Trinajstić information content (AvgIpc) is 2.61. The molecule has 2 atom stereocenters. The van der Waals surface area contributed by atoms with Crippen molar-refractivity contribution in [2.75, 3.05) is 38.2 Å². The Balaban J connectivity index is 1.56. The van der Waals surface area contributed by atoms with Crippen molar-refractivity contribution >= 4 is 11.7 Å². The van der Waals surface area contributed by atoms with Crippen molar-refractivity contribution in [1.29, 1.82) is 0 Å². The average molecular weight is 318 g/mol. The van der Waals surface area contributed by atoms with Gasteiger partial charge in [0.05, 0.1) is 7.11 Å². The Morgan fingerprint density at radius 2 is 2.09 bits per heavy atom. The van der Waals surface area contributed by atoms with E-state index in [1.54, 1.807) is 13.3 Å². The standard InChI is InChI=1S/C17H26N4O2/c1-23-15-5-6-19-16(12-15)20-7-9-21(10-8-20)17(22)13-3-2-4-14(18)11-13/h5-6,12-14H,2-4,7-11,18H2,1H3. The third-order valence-electron chi connectivity index (χ3n) is 4.93. The Morgan fingerprint density at radius 1 is 1.30 bits per heavy atom. The minimum absolute atomic E-state index is 0.125. The fourth-order valence-corrected chi connectivity index (χ4v) is 3.57. The second-order valence-electron chi connectivity index (χ2n) is 6.49. The summed E-state index contributed by atoms with van der Waals surface area (Å²) in [6.07, 6.45) is 5.72. The maximum atomic E-state index is 12.7. The molecule has 6 heteroatoms. The summed E-state index contributed by atoms with van der Waals surface area (Å²) in [6, 6.07) is 3.98. The minimum Gasteiger partial charge on any atom is -0.497 e. The topological polar surface area (TPSA) is 71.7 Å². The molecule has 23 heavy (non-hydrogen) atoms. The quantitative estimate of drug-likeness (QED) is 0.908. The van der Waals surface area contributed by atoms with Crippen LogP contribution >= 0.6 is 0 Å². The van der Waals surface area contributed by atoms with Gasteiger partial charge in [0.1, 0.15) is 11.6 Å². The van der Waals surface area contributed by atoms with E-state index >= 15 is 0 Å². The molecule has 1 saturated carbocycles. The van der Waals surface area contributed by atoms with Crippen LogP contribution in [0.5, 0.6) is 5.75 Å². The zero-order valence-corrected chi connectivity index (χ0v) is 13.8. The largest absolute Gasteiger partial charge is 0.497 e. The summed E-state index contributed by atoms with van der Waals surface area (Å²) in [4.78, 5) is 21.3. The molecule has 0 radical (unpaired) electrons. The van der Waals surface area contributed by atoms with E-state index in [9.17, 15) is 4.79 Å². The summed E-state index contributed by atoms with van der Waals surface area (Å²) >= 11 is 0. The maximum Gasteiger partial charge on any atom is 0.225 e. The van der Waals surface area contributed by atoms with Gasteiger partial charge in [-0.25, -0.2) is 4.98 Å². The number of nitrogens with two attached hydrogens (primary N) is 1. The van der Waals surface area contributed by atoms with E-state index in [1.807, 2.05) is 17.0 Å². The van der Waals surface area contributed by atoms with Crippen molar-refractivity contribution in [3.63, 3.8) is 0 Å². The van der Waals surface area contributed by atoms with E-state index in [2.05, 4.69) is 9.88 Å². The highest BCUT2D eigenvalue weighted by atomic mass is 16.5. The first-order valence-electron chi connectivity index (χ1n) is 8.46. The molecule has 2 heterocycles. The number of carbonyl (C=O) groups excluding carboxylic acids is 1. The molecule has 0 spiro atoms. The van der Waals surface area contributed by atoms with Crippen LogP contribution in [0.25, 0.3) is 0 Å². The van der Waals surface area contributed by atoms with Crippen molar-refractivity contribution in [2.24, 2.45) is 11.7 Å². The molecule has 2 unspecified atom stereocenters. The number of aromatic nitrogens is 1. The van der Waals surface area contributed by atoms with Gasteiger partial charge < -0.3 is 20.3 Å². The maximum absolute atomic E-state index is 12.7. The van der Waals surface area contributed by atoms with Gasteiger partial charge >= 0.3 is 0 Å². The van der Waals surface area contributed by atoms with Gasteiger partial charge in [0.2, 0.25) is 5.91 Å². The van der Waals surface area contributed by atoms with Crippen LogP contribution in [0.3, 0.4) is 0 Å². The second-order valence-corrected chi connectivity index (χ2v) is 6.49. The first kappa shape index (κ1) is 16.1. The Kier molecular flexibility index (Phi) is 5.00. The van der Waals surface area contributed by atoms with Crippen molar-refractivity contribution in [1.82, 2.24) is 9.88 Å². The molecule has 1 aliphatic carbocycles. The number of hydrogen-bond acceptors (Lipinski definition) is 5. The van der Waals surface area contributed by atoms with Crippen LogP contribution in [-0.4, -0.2) is 55.1 Å². The van der Waals surface area contributed by atoms with E-state index in [-0.39, 0.29) is 12.0 Å². The van der Waals surface area contributed by atoms with E-state index < -0.39 is 0 Å². The van der Waals surface area contributed by atoms with Gasteiger partial charge in [-0.1, -0.05) is 6.42 Å². The first-order valence-corrected chi connectivity index (χ1v) is 8.46. The van der Waals surface area contributed by atoms with Crippen LogP contribution < -0.4 is 15.4 Å². The molecule has 6 nitrogen and oxygen atoms in total. The van der Waals surface area contributed by atoms with Gasteiger partial charge in [0.25, 0.3) is 0 Å². The van der Waals surface area contributed by atoms with Gasteiger partial charge in [0.15, 0.2) is 0 Å². The van der Waals surface area contributed by atoms with E-state index in [4.69, 9.17) is 10.5 Å². The molecule has 126 valence electrons. The SMILES string of the molecule is COc1ccnc(N2CCN(C(=O)C3CCCC(N)C3)CC2)c1. The van der Waals surface area contributed by atoms with Crippen LogP contribution in [0, 0.1) is 5.92 Å². The predicted octanol–water partition coefficient (Wildman–Crippen LogP) is 1.26. The molecule has 1 aromatic rings. The summed E-state index contributed by atoms with van der Waals surface area (Å²) < 4.78 is 5.25. The van der Waals surface area contributed by atoms with Gasteiger partial charge in [-0.05, 0) is 25.3 Å². The molecular formula is C17H26N4O2. The highest BCUT2D eigenvalue weighted by molar-refractivity contribution is 5.79. The van der Waals surface area contributed by atoms with Crippen molar-refractivity contribution in [2.45, 2.75) is 31.7 Å². The van der Waals surface area contributed by atoms with Crippen molar-refractivity contribution in [3.8, 4) is 5.75 Å². The number of rotatable bonds is 3. The summed E-state index contributed by atoms with van der Waals surface area (Å²) in [5.74, 6) is 2.14. The number of nitrogens with zero attached hydrogens (tertiary/aromatic N) is 3. The fraction of sp³-hybridized carbons (Fsp3) is 0.647. The summed E-state index contributed by atoms with van der Waals surface area (Å²) in [7, 11) is 1.66. The molecule has 1 saturated heterocycles. The lowest BCUT2D eigenvalue weighted by molar-refractivity contribution is -0.137. The van der Waals surface area contributed by atoms with E-state index in [0.29, 0.717) is 5.91 Å². The number of methoxy groups -OCH3 is 1. The normalized spacial score (nSPS) is 25.3. The lowest BCUT2D eigenvalue weighted by atomic mass is 9.85. The highest BCUT2D eigenvalue weighted by Crippen LogP contribution is 2.26. The molecule has 2 fully saturated rings. The number of anilines is 1. The molecule has 2 N–H and O–H groups in total. The first-order chi connectivity index (χ1) is 11.2. The zero-order valence-electron chi connectivity index (χ0n) is 13.8. The number of amides is 1. The number of piperazine rings is 1. The van der Waals surface area contributed by atoms with Crippen molar-refractivity contribution < 1.29 is 9.53 Å². The van der Waals surface area contributed by atoms with Crippen LogP contribution in [-0.2, 0) is 4.79 Å². The summed E-state index contributed by atoms with van der Waals surface area (Å²) in [5.41, 5.74) is 6.02. The van der Waals surface area contributed by atoms with Crippen LogP contribution in [0.1, 0.15) is 25.7 Å². The Morgan fingerprint density at radius 3 is 2.78 bits per heavy atom. The number of carbonyl (C=O) groups is 1. The molecule has 1 aromatic heterocycles. The summed E-state index contributed by atoms with van der Waals surface area (Å²) in [6.45, 7) is 3.13. The number of pyridine rings is 1. The zero-order chi connectivity index (χ0) is 16.2. The Labute approximate surface area is 137 Å². The molecule has 0 aromatic carbocycles. The van der Waals surface area contributed by atoms with Crippen LogP contribution in [0.4, 0.5) is 5.82 Å². The Bertz CT molecular complexity index is 543. The van der Waals surface area contributed by atoms with E-state index in [0.717, 1.165) is 63.4 Å². The molecule has 1 amide bonds. The minimum atomic E-state index is 0.125.